The fraction of sp³-hybridized carbons (Fsp3) is 0.381. The first kappa shape index (κ1) is 21.9. The first-order chi connectivity index (χ1) is 13.0. The Morgan fingerprint density at radius 1 is 1.04 bits per heavy atom. The summed E-state index contributed by atoms with van der Waals surface area (Å²) in [6, 6.07) is 14.7. The lowest BCUT2D eigenvalue weighted by Gasteiger charge is -2.19. The molecular weight excluding hydrogens is 376 g/mol. The third kappa shape index (κ3) is 8.10. The van der Waals surface area contributed by atoms with Crippen molar-refractivity contribution >= 4 is 21.6 Å². The molecule has 0 aliphatic rings. The second kappa shape index (κ2) is 9.21. The van der Waals surface area contributed by atoms with Gasteiger partial charge in [0.25, 0.3) is 0 Å². The molecule has 0 bridgehead atoms. The molecule has 0 atom stereocenters. The number of rotatable bonds is 8. The number of amides is 1. The molecule has 2 N–H and O–H groups in total. The topological polar surface area (TPSA) is 84.5 Å². The van der Waals surface area contributed by atoms with Crippen LogP contribution in [0.2, 0.25) is 0 Å². The summed E-state index contributed by atoms with van der Waals surface area (Å²) >= 11 is 0. The molecule has 0 unspecified atom stereocenters. The van der Waals surface area contributed by atoms with Gasteiger partial charge in [0.15, 0.2) is 0 Å². The second-order valence-electron chi connectivity index (χ2n) is 7.71. The van der Waals surface area contributed by atoms with Crippen molar-refractivity contribution in [1.29, 1.82) is 0 Å². The van der Waals surface area contributed by atoms with Crippen LogP contribution in [0.4, 0.5) is 5.69 Å². The Kier molecular flexibility index (Phi) is 7.21. The van der Waals surface area contributed by atoms with E-state index in [9.17, 15) is 13.2 Å². The number of anilines is 1. The number of benzene rings is 2. The minimum atomic E-state index is -3.41. The van der Waals surface area contributed by atoms with Crippen LogP contribution in [-0.4, -0.2) is 26.2 Å². The molecule has 0 saturated carbocycles. The Hall–Kier alpha value is -2.38. The van der Waals surface area contributed by atoms with Gasteiger partial charge in [0.1, 0.15) is 0 Å². The average molecular weight is 405 g/mol. The monoisotopic (exact) mass is 404 g/mol. The minimum absolute atomic E-state index is 0.0888. The molecule has 2 aromatic rings. The van der Waals surface area contributed by atoms with Crippen LogP contribution < -0.4 is 10.0 Å². The van der Waals surface area contributed by atoms with E-state index in [1.54, 1.807) is 24.3 Å². The van der Waals surface area contributed by atoms with E-state index in [1.807, 2.05) is 45.0 Å². The smallest absolute Gasteiger partial charge is 0.229 e. The lowest BCUT2D eigenvalue weighted by molar-refractivity contribution is -0.120. The molecule has 0 fully saturated rings. The lowest BCUT2D eigenvalue weighted by atomic mass is 10.1. The Bertz CT molecular complexity index is 918. The molecule has 0 aliphatic carbocycles. The molecule has 7 heteroatoms. The van der Waals surface area contributed by atoms with Gasteiger partial charge in [0, 0.05) is 6.54 Å². The first-order valence-corrected chi connectivity index (χ1v) is 11.0. The quantitative estimate of drug-likeness (QED) is 0.707. The fourth-order valence-electron chi connectivity index (χ4n) is 2.54. The standard InChI is InChI=1S/C21H28N2O4S/c1-21(2,3)27-15-17-9-7-8-16(12-17)14-22-20(24)13-18-10-5-6-11-19(18)23-28(4,25)26/h5-12,23H,13-15H2,1-4H3,(H,22,24). The second-order valence-corrected chi connectivity index (χ2v) is 9.45. The number of carbonyl (C=O) groups excluding carboxylic acids is 1. The highest BCUT2D eigenvalue weighted by Crippen LogP contribution is 2.17. The largest absolute Gasteiger partial charge is 0.371 e. The number of hydrogen-bond donors (Lipinski definition) is 2. The third-order valence-electron chi connectivity index (χ3n) is 3.82. The molecule has 1 amide bonds. The van der Waals surface area contributed by atoms with Crippen LogP contribution in [0, 0.1) is 0 Å². The van der Waals surface area contributed by atoms with Crippen molar-refractivity contribution in [2.24, 2.45) is 0 Å². The number of carbonyl (C=O) groups is 1. The number of ether oxygens (including phenoxy) is 1. The number of sulfonamides is 1. The van der Waals surface area contributed by atoms with Gasteiger partial charge in [-0.2, -0.15) is 0 Å². The molecule has 0 aliphatic heterocycles. The van der Waals surface area contributed by atoms with Crippen LogP contribution in [0.15, 0.2) is 48.5 Å². The van der Waals surface area contributed by atoms with Gasteiger partial charge in [-0.3, -0.25) is 9.52 Å². The maximum Gasteiger partial charge on any atom is 0.229 e. The predicted octanol–water partition coefficient (Wildman–Crippen LogP) is 3.23. The van der Waals surface area contributed by atoms with Gasteiger partial charge < -0.3 is 10.1 Å². The summed E-state index contributed by atoms with van der Waals surface area (Å²) < 4.78 is 31.2. The molecular formula is C21H28N2O4S. The third-order valence-corrected chi connectivity index (χ3v) is 4.41. The zero-order valence-corrected chi connectivity index (χ0v) is 17.6. The van der Waals surface area contributed by atoms with Gasteiger partial charge in [0.2, 0.25) is 15.9 Å². The number of hydrogen-bond acceptors (Lipinski definition) is 4. The summed E-state index contributed by atoms with van der Waals surface area (Å²) in [6.07, 6.45) is 1.17. The predicted molar refractivity (Wildman–Crippen MR) is 111 cm³/mol. The first-order valence-electron chi connectivity index (χ1n) is 9.06. The van der Waals surface area contributed by atoms with Crippen molar-refractivity contribution in [2.75, 3.05) is 11.0 Å². The Balaban J connectivity index is 1.95. The van der Waals surface area contributed by atoms with Crippen LogP contribution in [0.1, 0.15) is 37.5 Å². The SMILES string of the molecule is CC(C)(C)OCc1cccc(CNC(=O)Cc2ccccc2NS(C)(=O)=O)c1. The van der Waals surface area contributed by atoms with Crippen LogP contribution in [0.25, 0.3) is 0 Å². The summed E-state index contributed by atoms with van der Waals surface area (Å²) in [6.45, 7) is 6.92. The van der Waals surface area contributed by atoms with E-state index < -0.39 is 10.0 Å². The number of para-hydroxylation sites is 1. The molecule has 0 aromatic heterocycles. The van der Waals surface area contributed by atoms with E-state index in [4.69, 9.17) is 4.74 Å². The highest BCUT2D eigenvalue weighted by atomic mass is 32.2. The summed E-state index contributed by atoms with van der Waals surface area (Å²) in [5.41, 5.74) is 2.85. The molecule has 28 heavy (non-hydrogen) atoms. The molecule has 6 nitrogen and oxygen atoms in total. The Labute approximate surface area is 167 Å². The maximum absolute atomic E-state index is 12.3. The van der Waals surface area contributed by atoms with Crippen LogP contribution in [0.5, 0.6) is 0 Å². The van der Waals surface area contributed by atoms with Gasteiger partial charge in [-0.05, 0) is 43.5 Å². The van der Waals surface area contributed by atoms with Crippen molar-refractivity contribution in [1.82, 2.24) is 5.32 Å². The van der Waals surface area contributed by atoms with Crippen molar-refractivity contribution in [2.45, 2.75) is 45.9 Å². The molecule has 0 saturated heterocycles. The van der Waals surface area contributed by atoms with E-state index in [0.717, 1.165) is 17.4 Å². The molecule has 2 rings (SSSR count). The summed E-state index contributed by atoms with van der Waals surface area (Å²) in [5.74, 6) is -0.181. The zero-order valence-electron chi connectivity index (χ0n) is 16.8. The Morgan fingerprint density at radius 2 is 1.71 bits per heavy atom. The van der Waals surface area contributed by atoms with Crippen LogP contribution in [-0.2, 0) is 39.1 Å². The molecule has 0 heterocycles. The fourth-order valence-corrected chi connectivity index (χ4v) is 3.14. The summed E-state index contributed by atoms with van der Waals surface area (Å²) in [4.78, 5) is 12.3. The van der Waals surface area contributed by atoms with Gasteiger partial charge in [-0.1, -0.05) is 42.5 Å². The van der Waals surface area contributed by atoms with E-state index in [0.29, 0.717) is 24.4 Å². The molecule has 0 spiro atoms. The lowest BCUT2D eigenvalue weighted by Crippen LogP contribution is -2.25. The van der Waals surface area contributed by atoms with Gasteiger partial charge in [-0.15, -0.1) is 0 Å². The van der Waals surface area contributed by atoms with E-state index >= 15 is 0 Å². The van der Waals surface area contributed by atoms with Crippen molar-refractivity contribution < 1.29 is 17.9 Å². The van der Waals surface area contributed by atoms with E-state index in [1.165, 1.54) is 0 Å². The minimum Gasteiger partial charge on any atom is -0.371 e. The van der Waals surface area contributed by atoms with Gasteiger partial charge >= 0.3 is 0 Å². The van der Waals surface area contributed by atoms with Crippen LogP contribution >= 0.6 is 0 Å². The number of nitrogens with one attached hydrogen (secondary N) is 2. The average Bonchev–Trinajstić information content (AvgIpc) is 2.58. The van der Waals surface area contributed by atoms with Crippen molar-refractivity contribution in [3.8, 4) is 0 Å². The van der Waals surface area contributed by atoms with Gasteiger partial charge in [0.05, 0.1) is 30.6 Å². The maximum atomic E-state index is 12.3. The van der Waals surface area contributed by atoms with Crippen molar-refractivity contribution in [3.05, 3.63) is 65.2 Å². The normalized spacial score (nSPS) is 11.9. The van der Waals surface area contributed by atoms with E-state index in [-0.39, 0.29) is 17.9 Å². The van der Waals surface area contributed by atoms with Crippen molar-refractivity contribution in [3.63, 3.8) is 0 Å². The molecule has 0 radical (unpaired) electrons. The van der Waals surface area contributed by atoms with Crippen LogP contribution in [0.3, 0.4) is 0 Å². The molecule has 2 aromatic carbocycles. The summed E-state index contributed by atoms with van der Waals surface area (Å²) in [5, 5.41) is 2.88. The van der Waals surface area contributed by atoms with Gasteiger partial charge in [-0.25, -0.2) is 8.42 Å². The highest BCUT2D eigenvalue weighted by molar-refractivity contribution is 7.92. The Morgan fingerprint density at radius 3 is 2.39 bits per heavy atom. The molecule has 152 valence electrons. The highest BCUT2D eigenvalue weighted by Gasteiger charge is 2.12. The summed E-state index contributed by atoms with van der Waals surface area (Å²) in [7, 11) is -3.41. The van der Waals surface area contributed by atoms with E-state index in [2.05, 4.69) is 10.0 Å². The zero-order chi connectivity index (χ0) is 20.8.